The molecule has 0 saturated heterocycles. The highest BCUT2D eigenvalue weighted by atomic mass is 16.5. The molecular weight excluding hydrogens is 216 g/mol. The van der Waals surface area contributed by atoms with Crippen molar-refractivity contribution in [2.45, 2.75) is 64.6 Å². The van der Waals surface area contributed by atoms with Crippen molar-refractivity contribution < 1.29 is 9.53 Å². The monoisotopic (exact) mass is 242 g/mol. The van der Waals surface area contributed by atoms with Crippen molar-refractivity contribution in [3.8, 4) is 0 Å². The van der Waals surface area contributed by atoms with Gasteiger partial charge in [-0.25, -0.2) is 0 Å². The normalized spacial score (nSPS) is 26.0. The Morgan fingerprint density at radius 2 is 1.88 bits per heavy atom. The van der Waals surface area contributed by atoms with E-state index in [0.29, 0.717) is 0 Å². The Balaban J connectivity index is 2.66. The first-order valence-corrected chi connectivity index (χ1v) is 6.33. The summed E-state index contributed by atoms with van der Waals surface area (Å²) in [5.74, 6) is 0.0129. The second-order valence-electron chi connectivity index (χ2n) is 6.13. The zero-order chi connectivity index (χ0) is 13.3. The van der Waals surface area contributed by atoms with E-state index in [-0.39, 0.29) is 18.1 Å². The third-order valence-electron chi connectivity index (χ3n) is 4.25. The lowest BCUT2D eigenvalue weighted by Crippen LogP contribution is -2.57. The van der Waals surface area contributed by atoms with Crippen LogP contribution in [0.15, 0.2) is 0 Å². The van der Waals surface area contributed by atoms with Gasteiger partial charge in [0, 0.05) is 12.6 Å². The maximum absolute atomic E-state index is 12.3. The van der Waals surface area contributed by atoms with Crippen molar-refractivity contribution in [2.75, 3.05) is 7.11 Å². The van der Waals surface area contributed by atoms with Crippen LogP contribution in [0.4, 0.5) is 0 Å². The minimum Gasteiger partial charge on any atom is -0.379 e. The number of carbonyl (C=O) groups excluding carboxylic acids is 1. The number of rotatable bonds is 4. The molecular formula is C13H26N2O2. The number of ether oxygens (including phenoxy) is 1. The minimum absolute atomic E-state index is 0.0129. The molecule has 1 saturated carbocycles. The van der Waals surface area contributed by atoms with E-state index in [0.717, 1.165) is 19.3 Å². The summed E-state index contributed by atoms with van der Waals surface area (Å²) in [6.07, 6.45) is 3.27. The second-order valence-corrected chi connectivity index (χ2v) is 6.13. The largest absolute Gasteiger partial charge is 0.379 e. The Kier molecular flexibility index (Phi) is 4.20. The topological polar surface area (TPSA) is 64.3 Å². The molecule has 2 atom stereocenters. The van der Waals surface area contributed by atoms with E-state index >= 15 is 0 Å². The number of nitrogens with two attached hydrogens (primary N) is 1. The van der Waals surface area contributed by atoms with Gasteiger partial charge in [-0.15, -0.1) is 0 Å². The first-order valence-electron chi connectivity index (χ1n) is 6.33. The predicted molar refractivity (Wildman–Crippen MR) is 68.6 cm³/mol. The van der Waals surface area contributed by atoms with Gasteiger partial charge in [0.1, 0.15) is 0 Å². The van der Waals surface area contributed by atoms with Gasteiger partial charge < -0.3 is 15.8 Å². The molecule has 3 N–H and O–H groups in total. The number of hydrogen-bond acceptors (Lipinski definition) is 3. The van der Waals surface area contributed by atoms with Crippen LogP contribution in [-0.2, 0) is 9.53 Å². The molecule has 0 spiro atoms. The van der Waals surface area contributed by atoms with Crippen LogP contribution in [0.5, 0.6) is 0 Å². The molecule has 0 radical (unpaired) electrons. The molecule has 0 aromatic rings. The SMILES string of the molecule is COC1CCCC1NC(=O)C(C)(C)C(C)(C)N. The van der Waals surface area contributed by atoms with E-state index in [4.69, 9.17) is 10.5 Å². The lowest BCUT2D eigenvalue weighted by atomic mass is 9.74. The van der Waals surface area contributed by atoms with E-state index in [1.165, 1.54) is 0 Å². The van der Waals surface area contributed by atoms with Gasteiger partial charge in [0.25, 0.3) is 0 Å². The van der Waals surface area contributed by atoms with Crippen LogP contribution >= 0.6 is 0 Å². The maximum atomic E-state index is 12.3. The van der Waals surface area contributed by atoms with Crippen LogP contribution < -0.4 is 11.1 Å². The molecule has 0 bridgehead atoms. The van der Waals surface area contributed by atoms with Gasteiger partial charge >= 0.3 is 0 Å². The molecule has 0 heterocycles. The highest BCUT2D eigenvalue weighted by Gasteiger charge is 2.42. The highest BCUT2D eigenvalue weighted by molar-refractivity contribution is 5.83. The van der Waals surface area contributed by atoms with Gasteiger partial charge in [-0.3, -0.25) is 4.79 Å². The van der Waals surface area contributed by atoms with E-state index < -0.39 is 11.0 Å². The maximum Gasteiger partial charge on any atom is 0.227 e. The molecule has 100 valence electrons. The zero-order valence-corrected chi connectivity index (χ0v) is 11.7. The molecule has 4 heteroatoms. The number of amides is 1. The third-order valence-corrected chi connectivity index (χ3v) is 4.25. The summed E-state index contributed by atoms with van der Waals surface area (Å²) < 4.78 is 5.38. The number of hydrogen-bond donors (Lipinski definition) is 2. The zero-order valence-electron chi connectivity index (χ0n) is 11.7. The standard InChI is InChI=1S/C13H26N2O2/c1-12(2,13(3,4)14)11(16)15-9-7-6-8-10(9)17-5/h9-10H,6-8,14H2,1-5H3,(H,15,16). The second kappa shape index (κ2) is 4.94. The average Bonchev–Trinajstić information content (AvgIpc) is 2.63. The fourth-order valence-corrected chi connectivity index (χ4v) is 2.01. The molecule has 0 aromatic heterocycles. The quantitative estimate of drug-likeness (QED) is 0.784. The number of methoxy groups -OCH3 is 1. The molecule has 1 aliphatic carbocycles. The third kappa shape index (κ3) is 2.99. The van der Waals surface area contributed by atoms with Crippen LogP contribution in [0.25, 0.3) is 0 Å². The Hall–Kier alpha value is -0.610. The van der Waals surface area contributed by atoms with Gasteiger partial charge in [0.2, 0.25) is 5.91 Å². The molecule has 17 heavy (non-hydrogen) atoms. The van der Waals surface area contributed by atoms with Gasteiger partial charge in [-0.1, -0.05) is 0 Å². The van der Waals surface area contributed by atoms with E-state index in [9.17, 15) is 4.79 Å². The highest BCUT2D eigenvalue weighted by Crippen LogP contribution is 2.30. The summed E-state index contributed by atoms with van der Waals surface area (Å²) in [6, 6.07) is 0.133. The summed E-state index contributed by atoms with van der Waals surface area (Å²) in [7, 11) is 1.70. The summed E-state index contributed by atoms with van der Waals surface area (Å²) >= 11 is 0. The molecule has 0 aliphatic heterocycles. The van der Waals surface area contributed by atoms with Crippen molar-refractivity contribution in [1.29, 1.82) is 0 Å². The van der Waals surface area contributed by atoms with Crippen LogP contribution in [-0.4, -0.2) is 30.7 Å². The van der Waals surface area contributed by atoms with Gasteiger partial charge in [0.05, 0.1) is 17.6 Å². The lowest BCUT2D eigenvalue weighted by molar-refractivity contribution is -0.133. The lowest BCUT2D eigenvalue weighted by Gasteiger charge is -2.38. The summed E-state index contributed by atoms with van der Waals surface area (Å²) in [4.78, 5) is 12.3. The Morgan fingerprint density at radius 1 is 1.29 bits per heavy atom. The fraction of sp³-hybridized carbons (Fsp3) is 0.923. The van der Waals surface area contributed by atoms with Gasteiger partial charge in [-0.05, 0) is 47.0 Å². The van der Waals surface area contributed by atoms with Crippen LogP contribution in [0.1, 0.15) is 47.0 Å². The Morgan fingerprint density at radius 3 is 2.35 bits per heavy atom. The van der Waals surface area contributed by atoms with Crippen LogP contribution in [0, 0.1) is 5.41 Å². The van der Waals surface area contributed by atoms with Crippen LogP contribution in [0.3, 0.4) is 0 Å². The smallest absolute Gasteiger partial charge is 0.227 e. The van der Waals surface area contributed by atoms with E-state index in [1.54, 1.807) is 7.11 Å². The number of nitrogens with one attached hydrogen (secondary N) is 1. The molecule has 1 aliphatic rings. The van der Waals surface area contributed by atoms with Crippen molar-refractivity contribution in [3.63, 3.8) is 0 Å². The summed E-state index contributed by atoms with van der Waals surface area (Å²) in [5.41, 5.74) is 4.93. The van der Waals surface area contributed by atoms with Crippen molar-refractivity contribution in [2.24, 2.45) is 11.1 Å². The summed E-state index contributed by atoms with van der Waals surface area (Å²) in [5, 5.41) is 3.08. The number of carbonyl (C=O) groups is 1. The first-order chi connectivity index (χ1) is 7.70. The van der Waals surface area contributed by atoms with Crippen molar-refractivity contribution in [3.05, 3.63) is 0 Å². The summed E-state index contributed by atoms with van der Waals surface area (Å²) in [6.45, 7) is 7.54. The molecule has 4 nitrogen and oxygen atoms in total. The average molecular weight is 242 g/mol. The molecule has 1 rings (SSSR count). The fourth-order valence-electron chi connectivity index (χ4n) is 2.01. The van der Waals surface area contributed by atoms with Gasteiger partial charge in [0.15, 0.2) is 0 Å². The molecule has 2 unspecified atom stereocenters. The van der Waals surface area contributed by atoms with Crippen molar-refractivity contribution in [1.82, 2.24) is 5.32 Å². The molecule has 0 aromatic carbocycles. The van der Waals surface area contributed by atoms with Crippen LogP contribution in [0.2, 0.25) is 0 Å². The Bertz CT molecular complexity index is 282. The molecule has 1 fully saturated rings. The first kappa shape index (κ1) is 14.5. The predicted octanol–water partition coefficient (Wildman–Crippen LogP) is 1.43. The molecule has 1 amide bonds. The van der Waals surface area contributed by atoms with E-state index in [2.05, 4.69) is 5.32 Å². The van der Waals surface area contributed by atoms with Gasteiger partial charge in [-0.2, -0.15) is 0 Å². The Labute approximate surface area is 104 Å². The minimum atomic E-state index is -0.589. The van der Waals surface area contributed by atoms with E-state index in [1.807, 2.05) is 27.7 Å². The van der Waals surface area contributed by atoms with Crippen molar-refractivity contribution >= 4 is 5.91 Å².